The molecule has 19 nitrogen and oxygen atoms in total. The Labute approximate surface area is 391 Å². The number of alkyl carbamates (subject to hydrolysis) is 1. The summed E-state index contributed by atoms with van der Waals surface area (Å²) >= 11 is 0. The van der Waals surface area contributed by atoms with E-state index in [1.807, 2.05) is 0 Å². The summed E-state index contributed by atoms with van der Waals surface area (Å²) in [4.78, 5) is 131. The number of esters is 1. The second-order valence-electron chi connectivity index (χ2n) is 19.3. The lowest BCUT2D eigenvalue weighted by atomic mass is 9.95. The number of primary amides is 1. The second kappa shape index (κ2) is 24.1. The molecular weight excluding hydrogens is 853 g/mol. The summed E-state index contributed by atoms with van der Waals surface area (Å²) in [6, 6.07) is 0.968. The molecule has 2 rings (SSSR count). The van der Waals surface area contributed by atoms with Crippen molar-refractivity contribution in [3.05, 3.63) is 35.9 Å². The molecular formula is C47H76N8O11. The van der Waals surface area contributed by atoms with E-state index in [1.165, 1.54) is 68.9 Å². The van der Waals surface area contributed by atoms with E-state index in [0.717, 1.165) is 9.80 Å². The van der Waals surface area contributed by atoms with Crippen molar-refractivity contribution < 1.29 is 52.6 Å². The Kier molecular flexibility index (Phi) is 20.6. The summed E-state index contributed by atoms with van der Waals surface area (Å²) in [5, 5.41) is 2.65. The first-order valence-electron chi connectivity index (χ1n) is 22.5. The number of likely N-dealkylation sites (N-methyl/N-ethyl adjacent to an activating group) is 5. The van der Waals surface area contributed by atoms with E-state index in [-0.39, 0.29) is 25.3 Å². The maximum atomic E-state index is 14.8. The molecule has 1 aliphatic heterocycles. The number of likely N-dealkylation sites (tertiary alicyclic amines) is 1. The molecule has 0 saturated carbocycles. The Morgan fingerprint density at radius 3 is 1.73 bits per heavy atom. The molecule has 1 heterocycles. The van der Waals surface area contributed by atoms with E-state index in [0.29, 0.717) is 12.0 Å². The van der Waals surface area contributed by atoms with Gasteiger partial charge in [0.15, 0.2) is 0 Å². The van der Waals surface area contributed by atoms with Crippen molar-refractivity contribution in [3.8, 4) is 0 Å². The highest BCUT2D eigenvalue weighted by Crippen LogP contribution is 2.27. The first-order valence-corrected chi connectivity index (χ1v) is 22.5. The van der Waals surface area contributed by atoms with Gasteiger partial charge in [0.2, 0.25) is 41.4 Å². The van der Waals surface area contributed by atoms with Crippen LogP contribution >= 0.6 is 0 Å². The van der Waals surface area contributed by atoms with Gasteiger partial charge in [-0.05, 0) is 63.9 Å². The third kappa shape index (κ3) is 14.4. The Morgan fingerprint density at radius 1 is 0.712 bits per heavy atom. The first-order chi connectivity index (χ1) is 30.5. The molecule has 0 bridgehead atoms. The molecule has 1 aromatic rings. The van der Waals surface area contributed by atoms with E-state index in [2.05, 4.69) is 5.32 Å². The van der Waals surface area contributed by atoms with Gasteiger partial charge in [-0.15, -0.1) is 0 Å². The molecule has 2 unspecified atom stereocenters. The number of nitrogens with one attached hydrogen (secondary N) is 1. The predicted octanol–water partition coefficient (Wildman–Crippen LogP) is 2.28. The average molecular weight is 929 g/mol. The standard InChI is InChI=1S/C47H76N8O11/c1-27(2)36(49-46(64)66-47(8,9)10)42(60)53(14)37(28(3)4)43(61)54(15)38(29(5)6)44(62)55-24-20-23-32(55)39(57)51(12)33(25-31-21-18-17-19-22-31)41(59)52(13)34(26-35(48)56)40(58)50(11)30(7)45(63)65-16/h17-19,21-22,27-30,32-34,36-38H,20,23-26H2,1-16H3,(H2,48,56)(H,49,64)/t30-,32-,33-,34?,36-,37?,38-/m0/s1. The Morgan fingerprint density at radius 2 is 1.24 bits per heavy atom. The highest BCUT2D eigenvalue weighted by molar-refractivity contribution is 5.98. The van der Waals surface area contributed by atoms with Crippen LogP contribution in [0, 0.1) is 17.8 Å². The number of methoxy groups -OCH3 is 1. The minimum absolute atomic E-state index is 0.00154. The van der Waals surface area contributed by atoms with Crippen LogP contribution in [0.3, 0.4) is 0 Å². The molecule has 370 valence electrons. The lowest BCUT2D eigenvalue weighted by Crippen LogP contribution is -2.62. The maximum Gasteiger partial charge on any atom is 0.408 e. The topological polar surface area (TPSA) is 230 Å². The summed E-state index contributed by atoms with van der Waals surface area (Å²) in [6.07, 6.45) is -0.656. The number of benzene rings is 1. The van der Waals surface area contributed by atoms with Gasteiger partial charge in [-0.3, -0.25) is 33.6 Å². The Balaban J connectivity index is 2.53. The van der Waals surface area contributed by atoms with Crippen molar-refractivity contribution in [2.75, 3.05) is 48.9 Å². The van der Waals surface area contributed by atoms with Crippen LogP contribution in [0.1, 0.15) is 94.1 Å². The largest absolute Gasteiger partial charge is 0.467 e. The number of hydrogen-bond acceptors (Lipinski definition) is 11. The molecule has 0 spiro atoms. The SMILES string of the molecule is COC(=O)[C@H](C)N(C)C(=O)C(CC(N)=O)N(C)C(=O)[C@H](Cc1ccccc1)N(C)C(=O)[C@@H]1CCCN1C(=O)[C@H](C(C)C)N(C)C(=O)C(C(C)C)N(C)C(=O)[C@@H](NC(=O)OC(C)(C)C)C(C)C. The van der Waals surface area contributed by atoms with Crippen LogP contribution in [-0.2, 0) is 54.3 Å². The Hall–Kier alpha value is -5.75. The average Bonchev–Trinajstić information content (AvgIpc) is 3.74. The van der Waals surface area contributed by atoms with E-state index in [1.54, 1.807) is 92.6 Å². The number of carbonyl (C=O) groups is 9. The van der Waals surface area contributed by atoms with Crippen LogP contribution in [0.2, 0.25) is 0 Å². The molecule has 1 saturated heterocycles. The monoisotopic (exact) mass is 929 g/mol. The maximum absolute atomic E-state index is 14.8. The molecule has 0 radical (unpaired) electrons. The molecule has 0 aromatic heterocycles. The fourth-order valence-electron chi connectivity index (χ4n) is 8.24. The fraction of sp³-hybridized carbons (Fsp3) is 0.681. The van der Waals surface area contributed by atoms with E-state index < -0.39 is 120 Å². The van der Waals surface area contributed by atoms with Gasteiger partial charge in [0.1, 0.15) is 47.9 Å². The predicted molar refractivity (Wildman–Crippen MR) is 247 cm³/mol. The van der Waals surface area contributed by atoms with Gasteiger partial charge in [0.05, 0.1) is 13.5 Å². The van der Waals surface area contributed by atoms with Crippen LogP contribution in [0.15, 0.2) is 30.3 Å². The third-order valence-corrected chi connectivity index (χ3v) is 12.1. The number of amides is 8. The van der Waals surface area contributed by atoms with Crippen LogP contribution in [0.4, 0.5) is 4.79 Å². The lowest BCUT2D eigenvalue weighted by Gasteiger charge is -2.41. The van der Waals surface area contributed by atoms with Gasteiger partial charge < -0.3 is 49.9 Å². The molecule has 3 N–H and O–H groups in total. The highest BCUT2D eigenvalue weighted by atomic mass is 16.6. The lowest BCUT2D eigenvalue weighted by molar-refractivity contribution is -0.158. The Bertz CT molecular complexity index is 1900. The number of nitrogens with zero attached hydrogens (tertiary/aromatic N) is 6. The zero-order chi connectivity index (χ0) is 50.7. The first kappa shape index (κ1) is 56.4. The van der Waals surface area contributed by atoms with Crippen LogP contribution in [-0.4, -0.2) is 180 Å². The number of nitrogens with two attached hydrogens (primary N) is 1. The number of carbonyl (C=O) groups excluding carboxylic acids is 9. The zero-order valence-electron chi connectivity index (χ0n) is 41.9. The molecule has 19 heteroatoms. The van der Waals surface area contributed by atoms with E-state index in [9.17, 15) is 43.2 Å². The summed E-state index contributed by atoms with van der Waals surface area (Å²) in [7, 11) is 8.25. The molecule has 8 amide bonds. The second-order valence-corrected chi connectivity index (χ2v) is 19.3. The molecule has 1 fully saturated rings. The van der Waals surface area contributed by atoms with Crippen LogP contribution in [0.5, 0.6) is 0 Å². The minimum Gasteiger partial charge on any atom is -0.467 e. The van der Waals surface area contributed by atoms with Crippen molar-refractivity contribution in [2.45, 2.75) is 143 Å². The third-order valence-electron chi connectivity index (χ3n) is 12.1. The van der Waals surface area contributed by atoms with E-state index >= 15 is 0 Å². The summed E-state index contributed by atoms with van der Waals surface area (Å²) < 4.78 is 10.2. The van der Waals surface area contributed by atoms with Gasteiger partial charge in [-0.25, -0.2) is 9.59 Å². The smallest absolute Gasteiger partial charge is 0.408 e. The van der Waals surface area contributed by atoms with Gasteiger partial charge in [0, 0.05) is 48.2 Å². The summed E-state index contributed by atoms with van der Waals surface area (Å²) in [5.74, 6) is -6.39. The van der Waals surface area contributed by atoms with Gasteiger partial charge in [0.25, 0.3) is 0 Å². The molecule has 66 heavy (non-hydrogen) atoms. The fourth-order valence-corrected chi connectivity index (χ4v) is 8.24. The van der Waals surface area contributed by atoms with Gasteiger partial charge in [-0.1, -0.05) is 71.9 Å². The zero-order valence-corrected chi connectivity index (χ0v) is 41.9. The number of hydrogen-bond donors (Lipinski definition) is 2. The van der Waals surface area contributed by atoms with E-state index in [4.69, 9.17) is 15.2 Å². The normalized spacial score (nSPS) is 16.6. The number of rotatable bonds is 20. The molecule has 1 aliphatic rings. The highest BCUT2D eigenvalue weighted by Gasteiger charge is 2.46. The van der Waals surface area contributed by atoms with Crippen molar-refractivity contribution in [1.82, 2.24) is 34.7 Å². The van der Waals surface area contributed by atoms with Gasteiger partial charge >= 0.3 is 12.1 Å². The quantitative estimate of drug-likeness (QED) is 0.180. The van der Waals surface area contributed by atoms with Crippen LogP contribution in [0.25, 0.3) is 0 Å². The van der Waals surface area contributed by atoms with Gasteiger partial charge in [-0.2, -0.15) is 0 Å². The number of ether oxygens (including phenoxy) is 2. The van der Waals surface area contributed by atoms with Crippen molar-refractivity contribution >= 4 is 53.4 Å². The minimum atomic E-state index is -1.44. The molecule has 7 atom stereocenters. The van der Waals surface area contributed by atoms with Crippen molar-refractivity contribution in [1.29, 1.82) is 0 Å². The summed E-state index contributed by atoms with van der Waals surface area (Å²) in [6.45, 7) is 17.4. The molecule has 0 aliphatic carbocycles. The summed E-state index contributed by atoms with van der Waals surface area (Å²) in [5.41, 5.74) is 5.43. The van der Waals surface area contributed by atoms with Crippen LogP contribution < -0.4 is 11.1 Å². The molecule has 1 aromatic carbocycles. The van der Waals surface area contributed by atoms with Crippen molar-refractivity contribution in [3.63, 3.8) is 0 Å². The van der Waals surface area contributed by atoms with Crippen molar-refractivity contribution in [2.24, 2.45) is 23.5 Å².